The maximum atomic E-state index is 2.69. The molecule has 0 amide bonds. The second kappa shape index (κ2) is 21.5. The first-order chi connectivity index (χ1) is 41.8. The lowest BCUT2D eigenvalue weighted by molar-refractivity contribution is 0.510. The van der Waals surface area contributed by atoms with Gasteiger partial charge in [-0.15, -0.1) is 0 Å². The highest BCUT2D eigenvalue weighted by molar-refractivity contribution is 6.05. The van der Waals surface area contributed by atoms with Crippen LogP contribution in [0.2, 0.25) is 0 Å². The molecule has 2 heteroatoms. The molecule has 0 aliphatic heterocycles. The van der Waals surface area contributed by atoms with Crippen molar-refractivity contribution in [2.75, 3.05) is 9.80 Å². The van der Waals surface area contributed by atoms with Gasteiger partial charge in [0.15, 0.2) is 0 Å². The molecule has 3 aliphatic rings. The molecule has 14 rings (SSSR count). The first-order valence-corrected chi connectivity index (χ1v) is 30.8. The zero-order valence-electron chi connectivity index (χ0n) is 50.9. The van der Waals surface area contributed by atoms with Gasteiger partial charge in [0.2, 0.25) is 0 Å². The predicted molar refractivity (Wildman–Crippen MR) is 365 cm³/mol. The standard InChI is InChI=1S/C84H74N2/c1-56-25-21-23-35-71(56)78-57(2)79-74(54-76(78)85(69-49-41-63(42-50-69)82(3,4)5)67-45-37-60(38-46-67)58-26-13-9-14-27-58)84(65-31-17-11-18-32-65,66-33-19-12-20-34-66)75-55-77(80-72-36-24-22-30-62(72)53-73(80)81(75)79)86(70-51-43-64(44-52-70)83(6,7)8)68-47-39-61(40-48-68)59-28-15-10-16-29-59/h9-49,51-52,54-55,69H,50,53H2,1-8H3. The number of hydrogen-bond acceptors (Lipinski definition) is 2. The molecule has 0 radical (unpaired) electrons. The van der Waals surface area contributed by atoms with Crippen molar-refractivity contribution in [1.29, 1.82) is 0 Å². The zero-order chi connectivity index (χ0) is 58.9. The highest BCUT2D eigenvalue weighted by atomic mass is 15.2. The summed E-state index contributed by atoms with van der Waals surface area (Å²) >= 11 is 0. The number of aryl methyl sites for hydroxylation is 1. The average Bonchev–Trinajstić information content (AvgIpc) is 1.51. The fourth-order valence-corrected chi connectivity index (χ4v) is 14.5. The number of fused-ring (bicyclic) bond motifs is 7. The molecular weight excluding hydrogens is 1040 g/mol. The molecular formula is C84H74N2. The smallest absolute Gasteiger partial charge is 0.0715 e. The van der Waals surface area contributed by atoms with Gasteiger partial charge < -0.3 is 9.80 Å². The van der Waals surface area contributed by atoms with Gasteiger partial charge >= 0.3 is 0 Å². The maximum Gasteiger partial charge on any atom is 0.0715 e. The molecule has 0 fully saturated rings. The van der Waals surface area contributed by atoms with Crippen molar-refractivity contribution in [3.63, 3.8) is 0 Å². The third-order valence-corrected chi connectivity index (χ3v) is 18.8. The lowest BCUT2D eigenvalue weighted by Gasteiger charge is -2.39. The van der Waals surface area contributed by atoms with Gasteiger partial charge in [0, 0.05) is 28.2 Å². The number of hydrogen-bond donors (Lipinski definition) is 0. The summed E-state index contributed by atoms with van der Waals surface area (Å²) in [6, 6.07) is 96.2. The molecule has 420 valence electrons. The first-order valence-electron chi connectivity index (χ1n) is 30.8. The van der Waals surface area contributed by atoms with E-state index in [1.807, 2.05) is 0 Å². The van der Waals surface area contributed by atoms with Crippen LogP contribution < -0.4 is 9.80 Å². The van der Waals surface area contributed by atoms with Crippen molar-refractivity contribution in [1.82, 2.24) is 0 Å². The minimum atomic E-state index is -0.765. The van der Waals surface area contributed by atoms with Gasteiger partial charge in [0.05, 0.1) is 22.8 Å². The number of rotatable bonds is 11. The second-order valence-corrected chi connectivity index (χ2v) is 26.0. The summed E-state index contributed by atoms with van der Waals surface area (Å²) in [7, 11) is 0. The third-order valence-electron chi connectivity index (χ3n) is 18.8. The van der Waals surface area contributed by atoms with Crippen LogP contribution in [0.15, 0.2) is 279 Å². The van der Waals surface area contributed by atoms with E-state index in [0.717, 1.165) is 29.9 Å². The number of allylic oxidation sites excluding steroid dienone is 2. The van der Waals surface area contributed by atoms with E-state index in [4.69, 9.17) is 0 Å². The molecule has 0 heterocycles. The van der Waals surface area contributed by atoms with E-state index in [0.29, 0.717) is 0 Å². The Hall–Kier alpha value is -9.50. The molecule has 0 N–H and O–H groups in total. The third kappa shape index (κ3) is 9.26. The van der Waals surface area contributed by atoms with Crippen LogP contribution >= 0.6 is 0 Å². The fourth-order valence-electron chi connectivity index (χ4n) is 14.5. The zero-order valence-corrected chi connectivity index (χ0v) is 50.9. The summed E-state index contributed by atoms with van der Waals surface area (Å²) < 4.78 is 0. The number of anilines is 5. The van der Waals surface area contributed by atoms with E-state index >= 15 is 0 Å². The Morgan fingerprint density at radius 2 is 0.895 bits per heavy atom. The summed E-state index contributed by atoms with van der Waals surface area (Å²) in [5, 5.41) is 0. The summed E-state index contributed by atoms with van der Waals surface area (Å²) in [4.78, 5) is 5.26. The SMILES string of the molecule is Cc1ccccc1-c1c(N(c2ccc(-c3ccccc3)cc2)C2C=CC(C(C)(C)C)=CC2)cc2c(c1C)-c1c(cc(N(c3ccc(-c4ccccc4)cc3)c3ccc(C(C)(C)C)cc3)c3c1Cc1ccccc1-3)C2(c1ccccc1)c1ccccc1. The van der Waals surface area contributed by atoms with Gasteiger partial charge in [-0.3, -0.25) is 0 Å². The lowest BCUT2D eigenvalue weighted by Crippen LogP contribution is -2.33. The van der Waals surface area contributed by atoms with E-state index in [1.54, 1.807) is 0 Å². The van der Waals surface area contributed by atoms with E-state index in [9.17, 15) is 0 Å². The Morgan fingerprint density at radius 3 is 1.43 bits per heavy atom. The number of benzene rings is 11. The van der Waals surface area contributed by atoms with Crippen molar-refractivity contribution < 1.29 is 0 Å². The van der Waals surface area contributed by atoms with E-state index in [1.165, 1.54) is 123 Å². The molecule has 1 atom stereocenters. The van der Waals surface area contributed by atoms with Crippen LogP contribution in [0.25, 0.3) is 55.6 Å². The van der Waals surface area contributed by atoms with Crippen LogP contribution in [0.5, 0.6) is 0 Å². The molecule has 3 aliphatic carbocycles. The van der Waals surface area contributed by atoms with Gasteiger partial charge in [-0.1, -0.05) is 266 Å². The molecule has 11 aromatic rings. The highest BCUT2D eigenvalue weighted by Gasteiger charge is 2.51. The van der Waals surface area contributed by atoms with Crippen molar-refractivity contribution >= 4 is 28.4 Å². The normalized spacial score (nSPS) is 14.7. The molecule has 2 nitrogen and oxygen atoms in total. The summed E-state index contributed by atoms with van der Waals surface area (Å²) in [5.41, 5.74) is 30.6. The fraction of sp³-hybridized carbons (Fsp3) is 0.167. The van der Waals surface area contributed by atoms with E-state index in [2.05, 4.69) is 338 Å². The Balaban J connectivity index is 1.11. The van der Waals surface area contributed by atoms with Gasteiger partial charge in [-0.05, 0) is 186 Å². The van der Waals surface area contributed by atoms with Gasteiger partial charge in [-0.25, -0.2) is 0 Å². The molecule has 0 spiro atoms. The Labute approximate surface area is 510 Å². The molecule has 0 saturated heterocycles. The Kier molecular flexibility index (Phi) is 13.6. The highest BCUT2D eigenvalue weighted by Crippen LogP contribution is 2.65. The molecule has 11 aromatic carbocycles. The van der Waals surface area contributed by atoms with Crippen LogP contribution in [-0.2, 0) is 17.3 Å². The summed E-state index contributed by atoms with van der Waals surface area (Å²) in [6.07, 6.45) is 9.06. The largest absolute Gasteiger partial charge is 0.334 e. The quantitative estimate of drug-likeness (QED) is 0.127. The monoisotopic (exact) mass is 1110 g/mol. The van der Waals surface area contributed by atoms with Crippen molar-refractivity contribution in [3.05, 3.63) is 329 Å². The molecule has 1 unspecified atom stereocenters. The van der Waals surface area contributed by atoms with Crippen molar-refractivity contribution in [3.8, 4) is 55.6 Å². The summed E-state index contributed by atoms with van der Waals surface area (Å²) in [5.74, 6) is 0. The average molecular weight is 1110 g/mol. The van der Waals surface area contributed by atoms with Gasteiger partial charge in [-0.2, -0.15) is 0 Å². The Bertz CT molecular complexity index is 4350. The van der Waals surface area contributed by atoms with Crippen molar-refractivity contribution in [2.45, 2.75) is 85.1 Å². The maximum absolute atomic E-state index is 2.69. The van der Waals surface area contributed by atoms with Crippen LogP contribution in [0.4, 0.5) is 28.4 Å². The van der Waals surface area contributed by atoms with Gasteiger partial charge in [0.25, 0.3) is 0 Å². The van der Waals surface area contributed by atoms with Crippen molar-refractivity contribution in [2.24, 2.45) is 5.41 Å². The minimum Gasteiger partial charge on any atom is -0.334 e. The first kappa shape index (κ1) is 54.4. The van der Waals surface area contributed by atoms with Crippen LogP contribution in [0, 0.1) is 19.3 Å². The van der Waals surface area contributed by atoms with Crippen LogP contribution in [-0.4, -0.2) is 6.04 Å². The Morgan fingerprint density at radius 1 is 0.419 bits per heavy atom. The van der Waals surface area contributed by atoms with Gasteiger partial charge in [0.1, 0.15) is 0 Å². The molecule has 0 bridgehead atoms. The molecule has 86 heavy (non-hydrogen) atoms. The van der Waals surface area contributed by atoms with Crippen LogP contribution in [0.1, 0.15) is 98.0 Å². The minimum absolute atomic E-state index is 0.0143. The van der Waals surface area contributed by atoms with E-state index in [-0.39, 0.29) is 16.9 Å². The predicted octanol–water partition coefficient (Wildman–Crippen LogP) is 22.4. The summed E-state index contributed by atoms with van der Waals surface area (Å²) in [6.45, 7) is 18.7. The van der Waals surface area contributed by atoms with E-state index < -0.39 is 5.41 Å². The number of nitrogens with zero attached hydrogens (tertiary/aromatic N) is 2. The van der Waals surface area contributed by atoms with Crippen LogP contribution in [0.3, 0.4) is 0 Å². The molecule has 0 saturated carbocycles. The topological polar surface area (TPSA) is 6.48 Å². The second-order valence-electron chi connectivity index (χ2n) is 26.0. The molecule has 0 aromatic heterocycles. The lowest BCUT2D eigenvalue weighted by atomic mass is 9.67.